The minimum atomic E-state index is -1.18. The van der Waals surface area contributed by atoms with Crippen LogP contribution in [0.3, 0.4) is 0 Å². The van der Waals surface area contributed by atoms with E-state index in [1.54, 1.807) is 28.9 Å². The number of rotatable bonds is 4. The first kappa shape index (κ1) is 28.0. The average molecular weight is 576 g/mol. The third-order valence-corrected chi connectivity index (χ3v) is 9.58. The number of nitrogens with zero attached hydrogens (tertiary/aromatic N) is 7. The Kier molecular flexibility index (Phi) is 7.25. The predicted molar refractivity (Wildman–Crippen MR) is 154 cm³/mol. The number of carboxylic acid groups (broad SMARTS) is 1. The highest BCUT2D eigenvalue weighted by atomic mass is 16.4. The van der Waals surface area contributed by atoms with Gasteiger partial charge in [0.1, 0.15) is 0 Å². The number of hydrogen-bond donors (Lipinski definition) is 2. The third-order valence-electron chi connectivity index (χ3n) is 9.58. The first-order chi connectivity index (χ1) is 20.2. The van der Waals surface area contributed by atoms with Gasteiger partial charge < -0.3 is 24.9 Å². The monoisotopic (exact) mass is 575 g/mol. The van der Waals surface area contributed by atoms with E-state index in [1.807, 2.05) is 35.2 Å². The number of likely N-dealkylation sites (tertiary alicyclic amines) is 1. The SMILES string of the molecule is Cn1nccc1-c1cc(=O)n(CC2(O)CCN(C(=O)N3CCN(C(=O)O)CC3c3ccccc3)CC23CCCC3)cn1. The number of aromatic nitrogens is 4. The summed E-state index contributed by atoms with van der Waals surface area (Å²) in [6, 6.07) is 12.3. The van der Waals surface area contributed by atoms with E-state index in [1.165, 1.54) is 21.9 Å². The molecule has 2 atom stereocenters. The molecule has 12 heteroatoms. The van der Waals surface area contributed by atoms with Crippen molar-refractivity contribution in [3.8, 4) is 11.4 Å². The number of aryl methyl sites for hydroxylation is 1. The van der Waals surface area contributed by atoms with E-state index in [-0.39, 0.29) is 31.2 Å². The molecule has 12 nitrogen and oxygen atoms in total. The Morgan fingerprint density at radius 2 is 1.79 bits per heavy atom. The maximum Gasteiger partial charge on any atom is 0.407 e. The quantitative estimate of drug-likeness (QED) is 0.488. The van der Waals surface area contributed by atoms with Crippen LogP contribution in [0.15, 0.2) is 59.8 Å². The van der Waals surface area contributed by atoms with Crippen molar-refractivity contribution in [3.63, 3.8) is 0 Å². The van der Waals surface area contributed by atoms with Gasteiger partial charge in [0.15, 0.2) is 0 Å². The maximum atomic E-state index is 14.1. The summed E-state index contributed by atoms with van der Waals surface area (Å²) >= 11 is 0. The molecule has 1 aromatic carbocycles. The molecule has 1 aliphatic carbocycles. The largest absolute Gasteiger partial charge is 0.465 e. The van der Waals surface area contributed by atoms with Crippen molar-refractivity contribution in [1.82, 2.24) is 34.0 Å². The lowest BCUT2D eigenvalue weighted by molar-refractivity contribution is -0.137. The highest BCUT2D eigenvalue weighted by Crippen LogP contribution is 2.52. The van der Waals surface area contributed by atoms with Crippen molar-refractivity contribution in [2.24, 2.45) is 12.5 Å². The van der Waals surface area contributed by atoms with E-state index in [0.717, 1.165) is 36.9 Å². The number of aliphatic hydroxyl groups is 1. The fourth-order valence-electron chi connectivity index (χ4n) is 7.18. The average Bonchev–Trinajstić information content (AvgIpc) is 3.65. The van der Waals surface area contributed by atoms with Gasteiger partial charge in [-0.15, -0.1) is 0 Å². The maximum absolute atomic E-state index is 14.1. The number of amides is 3. The predicted octanol–water partition coefficient (Wildman–Crippen LogP) is 2.80. The van der Waals surface area contributed by atoms with E-state index in [0.29, 0.717) is 31.7 Å². The van der Waals surface area contributed by atoms with Gasteiger partial charge in [-0.1, -0.05) is 43.2 Å². The van der Waals surface area contributed by atoms with E-state index < -0.39 is 23.2 Å². The summed E-state index contributed by atoms with van der Waals surface area (Å²) in [5, 5.41) is 26.0. The van der Waals surface area contributed by atoms with Crippen molar-refractivity contribution in [1.29, 1.82) is 0 Å². The third kappa shape index (κ3) is 4.93. The zero-order valence-corrected chi connectivity index (χ0v) is 23.8. The van der Waals surface area contributed by atoms with E-state index >= 15 is 0 Å². The summed E-state index contributed by atoms with van der Waals surface area (Å²) < 4.78 is 3.14. The summed E-state index contributed by atoms with van der Waals surface area (Å²) in [5.74, 6) is 0. The van der Waals surface area contributed by atoms with Crippen molar-refractivity contribution < 1.29 is 19.8 Å². The van der Waals surface area contributed by atoms with Crippen LogP contribution in [0.5, 0.6) is 0 Å². The van der Waals surface area contributed by atoms with Crippen LogP contribution < -0.4 is 5.56 Å². The lowest BCUT2D eigenvalue weighted by Gasteiger charge is -2.53. The van der Waals surface area contributed by atoms with Gasteiger partial charge in [-0.2, -0.15) is 5.10 Å². The van der Waals surface area contributed by atoms with Gasteiger partial charge in [0.05, 0.1) is 35.9 Å². The number of piperazine rings is 1. The Labute approximate surface area is 243 Å². The molecule has 3 aromatic rings. The van der Waals surface area contributed by atoms with Crippen molar-refractivity contribution in [2.75, 3.05) is 32.7 Å². The smallest absolute Gasteiger partial charge is 0.407 e. The lowest BCUT2D eigenvalue weighted by Crippen LogP contribution is -2.64. The summed E-state index contributed by atoms with van der Waals surface area (Å²) in [4.78, 5) is 48.5. The highest BCUT2D eigenvalue weighted by molar-refractivity contribution is 5.76. The van der Waals surface area contributed by atoms with Crippen LogP contribution >= 0.6 is 0 Å². The van der Waals surface area contributed by atoms with Gasteiger partial charge >= 0.3 is 12.1 Å². The molecule has 2 unspecified atom stereocenters. The number of carbonyl (C=O) groups is 2. The first-order valence-electron chi connectivity index (χ1n) is 14.6. The number of hydrogen-bond acceptors (Lipinski definition) is 6. The standard InChI is InChI=1S/C30H37N7O5/c1-33-24(9-13-32-33)23-17-26(38)36(21-31-23)20-30(42)12-14-35(19-29(30)10-5-6-11-29)27(39)37-16-15-34(28(40)41)18-25(37)22-7-3-2-4-8-22/h2-4,7-9,13,17,21,25,42H,5-6,10-12,14-16,18-20H2,1H3,(H,40,41). The Hall–Kier alpha value is -4.19. The van der Waals surface area contributed by atoms with Crippen LogP contribution in [-0.4, -0.2) is 94.7 Å². The fraction of sp³-hybridized carbons (Fsp3) is 0.500. The molecule has 1 spiro atoms. The van der Waals surface area contributed by atoms with Gasteiger partial charge in [-0.05, 0) is 30.9 Å². The van der Waals surface area contributed by atoms with Crippen LogP contribution in [0.2, 0.25) is 0 Å². The molecule has 4 heterocycles. The molecule has 2 aliphatic heterocycles. The van der Waals surface area contributed by atoms with Gasteiger partial charge in [0, 0.05) is 57.4 Å². The Bertz CT molecular complexity index is 1520. The number of benzene rings is 1. The summed E-state index contributed by atoms with van der Waals surface area (Å²) in [5.41, 5.74) is 0.170. The van der Waals surface area contributed by atoms with Crippen molar-refractivity contribution >= 4 is 12.1 Å². The number of urea groups is 1. The number of piperidine rings is 1. The summed E-state index contributed by atoms with van der Waals surface area (Å²) in [6.45, 7) is 1.58. The van der Waals surface area contributed by atoms with E-state index in [9.17, 15) is 24.6 Å². The van der Waals surface area contributed by atoms with Crippen molar-refractivity contribution in [3.05, 3.63) is 70.9 Å². The molecule has 2 N–H and O–H groups in total. The molecule has 2 aromatic heterocycles. The van der Waals surface area contributed by atoms with Crippen LogP contribution in [0, 0.1) is 5.41 Å². The normalized spacial score (nSPS) is 23.9. The van der Waals surface area contributed by atoms with Gasteiger partial charge in [-0.3, -0.25) is 14.0 Å². The summed E-state index contributed by atoms with van der Waals surface area (Å²) in [7, 11) is 1.79. The number of carbonyl (C=O) groups excluding carboxylic acids is 1. The molecule has 3 amide bonds. The highest BCUT2D eigenvalue weighted by Gasteiger charge is 2.56. The molecule has 3 fully saturated rings. The second-order valence-corrected chi connectivity index (χ2v) is 11.9. The topological polar surface area (TPSA) is 137 Å². The minimum absolute atomic E-state index is 0.108. The van der Waals surface area contributed by atoms with Crippen LogP contribution in [0.4, 0.5) is 9.59 Å². The Morgan fingerprint density at radius 1 is 1.02 bits per heavy atom. The molecular formula is C30H37N7O5. The summed E-state index contributed by atoms with van der Waals surface area (Å²) in [6.07, 6.45) is 5.90. The zero-order chi connectivity index (χ0) is 29.5. The van der Waals surface area contributed by atoms with E-state index in [2.05, 4.69) is 10.1 Å². The van der Waals surface area contributed by atoms with Crippen LogP contribution in [0.1, 0.15) is 43.7 Å². The molecular weight excluding hydrogens is 538 g/mol. The van der Waals surface area contributed by atoms with Crippen LogP contribution in [0.25, 0.3) is 11.4 Å². The molecule has 1 saturated carbocycles. The van der Waals surface area contributed by atoms with E-state index in [4.69, 9.17) is 0 Å². The Morgan fingerprint density at radius 3 is 2.45 bits per heavy atom. The first-order valence-corrected chi connectivity index (χ1v) is 14.6. The molecule has 42 heavy (non-hydrogen) atoms. The second-order valence-electron chi connectivity index (χ2n) is 11.9. The van der Waals surface area contributed by atoms with Gasteiger partial charge in [0.2, 0.25) is 0 Å². The molecule has 6 rings (SSSR count). The van der Waals surface area contributed by atoms with Crippen molar-refractivity contribution in [2.45, 2.75) is 50.3 Å². The zero-order valence-electron chi connectivity index (χ0n) is 23.8. The molecule has 0 radical (unpaired) electrons. The minimum Gasteiger partial charge on any atom is -0.465 e. The molecule has 0 bridgehead atoms. The van der Waals surface area contributed by atoms with Gasteiger partial charge in [-0.25, -0.2) is 14.6 Å². The fourth-order valence-corrected chi connectivity index (χ4v) is 7.18. The lowest BCUT2D eigenvalue weighted by atomic mass is 9.66. The molecule has 222 valence electrons. The molecule has 2 saturated heterocycles. The Balaban J connectivity index is 1.23. The van der Waals surface area contributed by atoms with Crippen LogP contribution in [-0.2, 0) is 13.6 Å². The molecule has 3 aliphatic rings. The van der Waals surface area contributed by atoms with Gasteiger partial charge in [0.25, 0.3) is 5.56 Å². The second kappa shape index (κ2) is 10.9.